The Bertz CT molecular complexity index is 1850. The van der Waals surface area contributed by atoms with E-state index in [2.05, 4.69) is 95.4 Å². The standard InChI is InChI=1S/C48H72N8O2.CH2O3.CH3.Cr/c1-47(2,3)39-29-35(15-9-21-53-25-13-27-55-23-11-19-49-45(53)55)43(57)37(31-39)33-51-41-17-7-8-18-42(41)52-34-38-32-40(48(4,5)6)30-36(44(38)58)16-10-22-54-26-14-28-56-24-12-20-50-46(54)56;2-1(3)4;;/h29-34,41-42H,7-28H2,1-6H3,(H2,51,52,57,58);(H2,2,3,4);1H3;/q;;-1;/p+2. The Hall–Kier alpha value is -4.28. The fourth-order valence-electron chi connectivity index (χ4n) is 9.58. The number of nitrogens with zero attached hydrogens (tertiary/aromatic N) is 6. The Balaban J connectivity index is 0.00000144. The van der Waals surface area contributed by atoms with Gasteiger partial charge in [0.05, 0.1) is 77.5 Å². The van der Waals surface area contributed by atoms with Gasteiger partial charge in [-0.2, -0.15) is 0 Å². The van der Waals surface area contributed by atoms with Crippen molar-refractivity contribution in [2.24, 2.45) is 9.98 Å². The smallest absolute Gasteiger partial charge is 0.503 e. The van der Waals surface area contributed by atoms with Crippen molar-refractivity contribution in [3.63, 3.8) is 0 Å². The maximum absolute atomic E-state index is 11.7. The average molecular weight is 924 g/mol. The molecule has 0 amide bonds. The zero-order chi connectivity index (χ0) is 44.4. The molecule has 0 radical (unpaired) electrons. The maximum Gasteiger partial charge on any atom is 0.503 e. The minimum Gasteiger partial charge on any atom is -0.507 e. The van der Waals surface area contributed by atoms with E-state index < -0.39 is 6.16 Å². The van der Waals surface area contributed by atoms with Gasteiger partial charge in [-0.3, -0.25) is 39.6 Å². The summed E-state index contributed by atoms with van der Waals surface area (Å²) in [6.07, 6.45) is 14.6. The van der Waals surface area contributed by atoms with Gasteiger partial charge < -0.3 is 27.9 Å². The number of nitrogens with one attached hydrogen (secondary N) is 2. The van der Waals surface area contributed by atoms with Crippen LogP contribution in [0.4, 0.5) is 4.79 Å². The normalized spacial score (nSPS) is 20.3. The summed E-state index contributed by atoms with van der Waals surface area (Å²) in [5, 5.41) is 44.6. The monoisotopic (exact) mass is 924 g/mol. The first-order chi connectivity index (χ1) is 29.6. The van der Waals surface area contributed by atoms with Gasteiger partial charge in [-0.1, -0.05) is 66.5 Å². The molecule has 64 heavy (non-hydrogen) atoms. The molecule has 2 atom stereocenters. The summed E-state index contributed by atoms with van der Waals surface area (Å²) in [4.78, 5) is 23.9. The van der Waals surface area contributed by atoms with E-state index >= 15 is 0 Å². The molecular weight excluding hydrogens is 845 g/mol. The Morgan fingerprint density at radius 2 is 1.05 bits per heavy atom. The first-order valence-corrected chi connectivity index (χ1v) is 23.5. The summed E-state index contributed by atoms with van der Waals surface area (Å²) in [6, 6.07) is 8.75. The van der Waals surface area contributed by atoms with Crippen LogP contribution >= 0.6 is 0 Å². The zero-order valence-electron chi connectivity index (χ0n) is 40.0. The van der Waals surface area contributed by atoms with Crippen molar-refractivity contribution in [3.8, 4) is 11.5 Å². The fraction of sp³-hybridized carbons (Fsp3) is 0.640. The zero-order valence-corrected chi connectivity index (χ0v) is 41.2. The second-order valence-electron chi connectivity index (χ2n) is 20.0. The van der Waals surface area contributed by atoms with Gasteiger partial charge in [-0.05, 0) is 83.7 Å². The summed E-state index contributed by atoms with van der Waals surface area (Å²) >= 11 is 0. The Kier molecular flexibility index (Phi) is 19.4. The number of aryl methyl sites for hydroxylation is 2. The van der Waals surface area contributed by atoms with Crippen LogP contribution in [0.1, 0.15) is 139 Å². The molecule has 2 aromatic carbocycles. The van der Waals surface area contributed by atoms with Gasteiger partial charge in [0.25, 0.3) is 0 Å². The van der Waals surface area contributed by atoms with Crippen LogP contribution in [0.5, 0.6) is 11.5 Å². The van der Waals surface area contributed by atoms with Crippen molar-refractivity contribution >= 4 is 30.5 Å². The number of rotatable bonds is 12. The van der Waals surface area contributed by atoms with Gasteiger partial charge in [-0.15, -0.1) is 0 Å². The molecule has 1 fully saturated rings. The second-order valence-corrected chi connectivity index (χ2v) is 20.0. The Morgan fingerprint density at radius 1 is 0.672 bits per heavy atom. The van der Waals surface area contributed by atoms with Crippen LogP contribution in [-0.2, 0) is 41.0 Å². The van der Waals surface area contributed by atoms with E-state index in [1.807, 2.05) is 12.4 Å². The van der Waals surface area contributed by atoms with E-state index in [9.17, 15) is 10.2 Å². The van der Waals surface area contributed by atoms with E-state index in [-0.39, 0.29) is 47.7 Å². The molecule has 4 aliphatic heterocycles. The van der Waals surface area contributed by atoms with Crippen molar-refractivity contribution in [1.29, 1.82) is 0 Å². The van der Waals surface area contributed by atoms with Crippen molar-refractivity contribution in [3.05, 3.63) is 65.1 Å². The average Bonchev–Trinajstić information content (AvgIpc) is 3.23. The molecule has 2 unspecified atom stereocenters. The molecule has 7 rings (SSSR count). The molecule has 0 aromatic heterocycles. The first-order valence-electron chi connectivity index (χ1n) is 23.5. The molecule has 4 heterocycles. The van der Waals surface area contributed by atoms with Crippen LogP contribution in [-0.4, -0.2) is 147 Å². The second kappa shape index (κ2) is 23.8. The molecule has 5 aliphatic rings. The van der Waals surface area contributed by atoms with Gasteiger partial charge in [-0.25, -0.2) is 4.79 Å². The maximum atomic E-state index is 11.7. The number of aliphatic imine (C=N–C) groups is 2. The molecule has 0 spiro atoms. The fourth-order valence-corrected chi connectivity index (χ4v) is 9.58. The molecule has 354 valence electrons. The Labute approximate surface area is 394 Å². The molecule has 0 saturated heterocycles. The van der Waals surface area contributed by atoms with E-state index in [1.54, 1.807) is 0 Å². The summed E-state index contributed by atoms with van der Waals surface area (Å²) in [6.45, 7) is 24.3. The topological polar surface area (TPSA) is 159 Å². The van der Waals surface area contributed by atoms with Gasteiger partial charge in [0, 0.05) is 66.6 Å². The minimum atomic E-state index is -1.83. The number of carbonyl (C=O) groups is 1. The molecule has 1 saturated carbocycles. The van der Waals surface area contributed by atoms with Crippen LogP contribution in [0.15, 0.2) is 34.3 Å². The Morgan fingerprint density at radius 3 is 1.42 bits per heavy atom. The van der Waals surface area contributed by atoms with Gasteiger partial charge >= 0.3 is 18.1 Å². The van der Waals surface area contributed by atoms with Crippen LogP contribution in [0, 0.1) is 7.43 Å². The molecule has 6 N–H and O–H groups in total. The number of carboxylic acid groups (broad SMARTS) is 2. The first kappa shape index (κ1) is 52.3. The minimum absolute atomic E-state index is 0. The summed E-state index contributed by atoms with van der Waals surface area (Å²) in [5.41, 5.74) is 5.96. The summed E-state index contributed by atoms with van der Waals surface area (Å²) < 4.78 is 5.01. The van der Waals surface area contributed by atoms with Crippen LogP contribution in [0.3, 0.4) is 0 Å². The van der Waals surface area contributed by atoms with Crippen molar-refractivity contribution in [2.75, 3.05) is 65.4 Å². The van der Waals surface area contributed by atoms with Gasteiger partial charge in [0.15, 0.2) is 0 Å². The predicted octanol–water partition coefficient (Wildman–Crippen LogP) is 7.21. The van der Waals surface area contributed by atoms with Gasteiger partial charge in [0.1, 0.15) is 11.5 Å². The van der Waals surface area contributed by atoms with Crippen molar-refractivity contribution in [2.45, 2.75) is 142 Å². The third-order valence-electron chi connectivity index (χ3n) is 13.1. The number of phenolic OH excluding ortho intramolecular Hbond substituents is 2. The SMILES string of the molecule is CC(C)(C)c1cc(C=NC2CCCCC2N=Cc2cc(C(C)(C)C)cc(CCCN3CCC[N+]4=C3NCCC4)c2O)c(O)c(CCCN2CCC[N+]3=C2NCCC3)c1.O=C(O)O.[CH3-].[Cr]. The molecule has 14 heteroatoms. The van der Waals surface area contributed by atoms with Crippen molar-refractivity contribution in [1.82, 2.24) is 20.4 Å². The number of aromatic hydroxyl groups is 2. The molecule has 13 nitrogen and oxygen atoms in total. The number of benzene rings is 2. The van der Waals surface area contributed by atoms with E-state index in [0.29, 0.717) is 11.5 Å². The van der Waals surface area contributed by atoms with Gasteiger partial charge in [0.2, 0.25) is 0 Å². The summed E-state index contributed by atoms with van der Waals surface area (Å²) in [7, 11) is 0. The predicted molar refractivity (Wildman–Crippen MR) is 256 cm³/mol. The third-order valence-corrected chi connectivity index (χ3v) is 13.1. The molecule has 1 aliphatic carbocycles. The molecule has 0 bridgehead atoms. The largest absolute Gasteiger partial charge is 0.507 e. The molecule has 2 aromatic rings. The number of guanidine groups is 2. The third kappa shape index (κ3) is 14.1. The number of hydrogen-bond acceptors (Lipinski definition) is 9. The van der Waals surface area contributed by atoms with Crippen LogP contribution in [0.2, 0.25) is 0 Å². The van der Waals surface area contributed by atoms with E-state index in [4.69, 9.17) is 25.0 Å². The quantitative estimate of drug-likeness (QED) is 0.0735. The number of hydrogen-bond donors (Lipinski definition) is 6. The summed E-state index contributed by atoms with van der Waals surface area (Å²) in [5.74, 6) is 3.32. The van der Waals surface area contributed by atoms with Crippen LogP contribution < -0.4 is 10.6 Å². The van der Waals surface area contributed by atoms with Crippen LogP contribution in [0.25, 0.3) is 0 Å². The molecular formula is C50H79CrN8O5+. The van der Waals surface area contributed by atoms with Crippen molar-refractivity contribution < 1.29 is 51.7 Å². The van der Waals surface area contributed by atoms with E-state index in [0.717, 1.165) is 139 Å². The number of phenols is 2. The van der Waals surface area contributed by atoms with E-state index in [1.165, 1.54) is 48.7 Å².